The van der Waals surface area contributed by atoms with E-state index < -0.39 is 11.8 Å². The first kappa shape index (κ1) is 7.66. The van der Waals surface area contributed by atoms with Gasteiger partial charge >= 0.3 is 6.16 Å². The van der Waals surface area contributed by atoms with E-state index in [4.69, 9.17) is 16.7 Å². The van der Waals surface area contributed by atoms with Gasteiger partial charge in [0, 0.05) is 0 Å². The summed E-state index contributed by atoms with van der Waals surface area (Å²) < 4.78 is 4.61. The summed E-state index contributed by atoms with van der Waals surface area (Å²) in [4.78, 5) is 10.1. The molecule has 1 rings (SSSR count). The van der Waals surface area contributed by atoms with Crippen LogP contribution in [0.4, 0.5) is 4.79 Å². The molecule has 0 radical (unpaired) electrons. The summed E-state index contributed by atoms with van der Waals surface area (Å²) in [5.41, 5.74) is -0.548. The second-order valence-electron chi connectivity index (χ2n) is 2.54. The standard InChI is InChI=1S/C6H9ClO3/c7-4-6(2-1-3-6)10-5(8)9/h1-4H2,(H,8,9). The van der Waals surface area contributed by atoms with Crippen molar-refractivity contribution >= 4 is 17.8 Å². The first-order chi connectivity index (χ1) is 4.68. The van der Waals surface area contributed by atoms with E-state index in [0.717, 1.165) is 19.3 Å². The minimum Gasteiger partial charge on any atom is -0.450 e. The molecule has 0 spiro atoms. The Morgan fingerprint density at radius 3 is 2.40 bits per heavy atom. The van der Waals surface area contributed by atoms with E-state index >= 15 is 0 Å². The molecular formula is C6H9ClO3. The van der Waals surface area contributed by atoms with Gasteiger partial charge in [-0.15, -0.1) is 11.6 Å². The number of alkyl halides is 1. The van der Waals surface area contributed by atoms with Crippen molar-refractivity contribution in [1.29, 1.82) is 0 Å². The maximum absolute atomic E-state index is 10.1. The van der Waals surface area contributed by atoms with Gasteiger partial charge in [0.2, 0.25) is 0 Å². The Labute approximate surface area is 63.9 Å². The fourth-order valence-electron chi connectivity index (χ4n) is 1.02. The lowest BCUT2D eigenvalue weighted by atomic mass is 9.82. The molecular weight excluding hydrogens is 156 g/mol. The highest BCUT2D eigenvalue weighted by molar-refractivity contribution is 6.18. The van der Waals surface area contributed by atoms with E-state index in [1.807, 2.05) is 0 Å². The van der Waals surface area contributed by atoms with Crippen LogP contribution in [0.2, 0.25) is 0 Å². The highest BCUT2D eigenvalue weighted by Gasteiger charge is 2.40. The summed E-state index contributed by atoms with van der Waals surface area (Å²) in [5.74, 6) is 0.277. The van der Waals surface area contributed by atoms with Crippen LogP contribution in [-0.4, -0.2) is 22.7 Å². The van der Waals surface area contributed by atoms with Gasteiger partial charge in [-0.3, -0.25) is 0 Å². The molecule has 0 saturated heterocycles. The Morgan fingerprint density at radius 1 is 1.70 bits per heavy atom. The number of carbonyl (C=O) groups is 1. The lowest BCUT2D eigenvalue weighted by Crippen LogP contribution is -2.43. The smallest absolute Gasteiger partial charge is 0.450 e. The number of hydrogen-bond donors (Lipinski definition) is 1. The number of hydrogen-bond acceptors (Lipinski definition) is 2. The number of carboxylic acid groups (broad SMARTS) is 1. The SMILES string of the molecule is O=C(O)OC1(CCl)CCC1. The zero-order valence-electron chi connectivity index (χ0n) is 5.47. The lowest BCUT2D eigenvalue weighted by molar-refractivity contribution is -0.0525. The van der Waals surface area contributed by atoms with Crippen molar-refractivity contribution in [3.05, 3.63) is 0 Å². The molecule has 0 unspecified atom stereocenters. The van der Waals surface area contributed by atoms with Crippen molar-refractivity contribution < 1.29 is 14.6 Å². The largest absolute Gasteiger partial charge is 0.506 e. The second-order valence-corrected chi connectivity index (χ2v) is 2.81. The van der Waals surface area contributed by atoms with Crippen molar-refractivity contribution in [2.45, 2.75) is 24.9 Å². The van der Waals surface area contributed by atoms with Crippen LogP contribution >= 0.6 is 11.6 Å². The molecule has 0 aromatic carbocycles. The van der Waals surface area contributed by atoms with Crippen LogP contribution in [-0.2, 0) is 4.74 Å². The van der Waals surface area contributed by atoms with Gasteiger partial charge in [-0.25, -0.2) is 4.79 Å². The highest BCUT2D eigenvalue weighted by Crippen LogP contribution is 2.36. The third-order valence-corrected chi connectivity index (χ3v) is 2.30. The number of rotatable bonds is 2. The van der Waals surface area contributed by atoms with Gasteiger partial charge in [0.05, 0.1) is 5.88 Å². The van der Waals surface area contributed by atoms with Gasteiger partial charge in [-0.1, -0.05) is 0 Å². The summed E-state index contributed by atoms with van der Waals surface area (Å²) in [5, 5.41) is 8.26. The summed E-state index contributed by atoms with van der Waals surface area (Å²) in [6.07, 6.45) is 1.33. The average molecular weight is 165 g/mol. The Kier molecular flexibility index (Phi) is 2.04. The quantitative estimate of drug-likeness (QED) is 0.501. The van der Waals surface area contributed by atoms with Gasteiger partial charge in [0.1, 0.15) is 5.60 Å². The molecule has 1 aliphatic rings. The van der Waals surface area contributed by atoms with Crippen LogP contribution in [0.15, 0.2) is 0 Å². The number of ether oxygens (including phenoxy) is 1. The molecule has 3 nitrogen and oxygen atoms in total. The van der Waals surface area contributed by atoms with Crippen LogP contribution in [0.3, 0.4) is 0 Å². The van der Waals surface area contributed by atoms with Crippen molar-refractivity contribution in [2.75, 3.05) is 5.88 Å². The molecule has 0 bridgehead atoms. The second kappa shape index (κ2) is 2.66. The van der Waals surface area contributed by atoms with Crippen LogP contribution < -0.4 is 0 Å². The van der Waals surface area contributed by atoms with Gasteiger partial charge in [0.15, 0.2) is 0 Å². The van der Waals surface area contributed by atoms with Crippen molar-refractivity contribution in [1.82, 2.24) is 0 Å². The Morgan fingerprint density at radius 2 is 2.30 bits per heavy atom. The first-order valence-electron chi connectivity index (χ1n) is 3.16. The van der Waals surface area contributed by atoms with Crippen LogP contribution in [0, 0.1) is 0 Å². The molecule has 0 aromatic heterocycles. The topological polar surface area (TPSA) is 46.5 Å². The van der Waals surface area contributed by atoms with Crippen LogP contribution in [0.25, 0.3) is 0 Å². The minimum absolute atomic E-state index is 0.277. The minimum atomic E-state index is -1.22. The molecule has 10 heavy (non-hydrogen) atoms. The van der Waals surface area contributed by atoms with Crippen LogP contribution in [0.1, 0.15) is 19.3 Å². The maximum Gasteiger partial charge on any atom is 0.506 e. The Bertz CT molecular complexity index is 136. The van der Waals surface area contributed by atoms with Crippen LogP contribution in [0.5, 0.6) is 0 Å². The van der Waals surface area contributed by atoms with E-state index in [0.29, 0.717) is 0 Å². The molecule has 0 heterocycles. The van der Waals surface area contributed by atoms with E-state index in [1.165, 1.54) is 0 Å². The third-order valence-electron chi connectivity index (χ3n) is 1.81. The summed E-state index contributed by atoms with van der Waals surface area (Å²) in [6, 6.07) is 0. The van der Waals surface area contributed by atoms with Gasteiger partial charge < -0.3 is 9.84 Å². The molecule has 0 atom stereocenters. The average Bonchev–Trinajstić information content (AvgIpc) is 1.78. The monoisotopic (exact) mass is 164 g/mol. The van der Waals surface area contributed by atoms with E-state index in [-0.39, 0.29) is 5.88 Å². The maximum atomic E-state index is 10.1. The van der Waals surface area contributed by atoms with Crippen molar-refractivity contribution in [3.63, 3.8) is 0 Å². The van der Waals surface area contributed by atoms with Crippen molar-refractivity contribution in [2.24, 2.45) is 0 Å². The first-order valence-corrected chi connectivity index (χ1v) is 3.70. The summed E-state index contributed by atoms with van der Waals surface area (Å²) in [6.45, 7) is 0. The molecule has 0 aromatic rings. The zero-order valence-corrected chi connectivity index (χ0v) is 6.23. The fraction of sp³-hybridized carbons (Fsp3) is 0.833. The van der Waals surface area contributed by atoms with E-state index in [1.54, 1.807) is 0 Å². The predicted octanol–water partition coefficient (Wildman–Crippen LogP) is 1.84. The lowest BCUT2D eigenvalue weighted by Gasteiger charge is -2.37. The van der Waals surface area contributed by atoms with E-state index in [2.05, 4.69) is 4.74 Å². The Balaban J connectivity index is 2.40. The normalized spacial score (nSPS) is 21.3. The summed E-state index contributed by atoms with van der Waals surface area (Å²) >= 11 is 5.52. The molecule has 4 heteroatoms. The molecule has 1 fully saturated rings. The predicted molar refractivity (Wildman–Crippen MR) is 36.4 cm³/mol. The number of halogens is 1. The fourth-order valence-corrected chi connectivity index (χ4v) is 1.34. The van der Waals surface area contributed by atoms with Gasteiger partial charge in [0.25, 0.3) is 0 Å². The van der Waals surface area contributed by atoms with Gasteiger partial charge in [-0.05, 0) is 19.3 Å². The molecule has 1 N–H and O–H groups in total. The van der Waals surface area contributed by atoms with Gasteiger partial charge in [-0.2, -0.15) is 0 Å². The molecule has 58 valence electrons. The van der Waals surface area contributed by atoms with Crippen molar-refractivity contribution in [3.8, 4) is 0 Å². The summed E-state index contributed by atoms with van der Waals surface area (Å²) in [7, 11) is 0. The molecule has 0 amide bonds. The molecule has 0 aliphatic heterocycles. The zero-order chi connectivity index (χ0) is 7.61. The Hall–Kier alpha value is -0.440. The van der Waals surface area contributed by atoms with E-state index in [9.17, 15) is 4.79 Å². The molecule has 1 saturated carbocycles. The molecule has 1 aliphatic carbocycles. The third kappa shape index (κ3) is 1.34. The highest BCUT2D eigenvalue weighted by atomic mass is 35.5.